The molecule has 0 aliphatic carbocycles. The Morgan fingerprint density at radius 2 is 1.82 bits per heavy atom. The van der Waals surface area contributed by atoms with Crippen molar-refractivity contribution < 1.29 is 9.53 Å². The number of nitrogens with one attached hydrogen (secondary N) is 2. The first-order valence-corrected chi connectivity index (χ1v) is 11.4. The summed E-state index contributed by atoms with van der Waals surface area (Å²) in [5, 5.41) is 11.6. The fraction of sp³-hybridized carbons (Fsp3) is 0.269. The third-order valence-corrected chi connectivity index (χ3v) is 5.80. The fourth-order valence-electron chi connectivity index (χ4n) is 3.57. The normalized spacial score (nSPS) is 12.5. The number of nitrogens with zero attached hydrogens (tertiary/aromatic N) is 3. The topological polar surface area (TPSA) is 80.5 Å². The van der Waals surface area contributed by atoms with E-state index in [0.717, 1.165) is 16.9 Å². The van der Waals surface area contributed by atoms with Crippen LogP contribution in [0, 0.1) is 5.41 Å². The predicted molar refractivity (Wildman–Crippen MR) is 136 cm³/mol. The first kappa shape index (κ1) is 23.7. The molecule has 0 saturated carbocycles. The summed E-state index contributed by atoms with van der Waals surface area (Å²) in [5.41, 5.74) is 3.78. The SMILES string of the molecule is COC[C@@H](NC(=O)c1ccc(Nc2nc3cccc(-c4cccc(Cl)c4)n3n2)cc1)C(C)(C)C. The van der Waals surface area contributed by atoms with Crippen LogP contribution < -0.4 is 10.6 Å². The van der Waals surface area contributed by atoms with Crippen LogP contribution in [0.25, 0.3) is 16.9 Å². The van der Waals surface area contributed by atoms with Crippen molar-refractivity contribution in [1.29, 1.82) is 0 Å². The second kappa shape index (κ2) is 9.83. The maximum atomic E-state index is 12.7. The predicted octanol–water partition coefficient (Wildman–Crippen LogP) is 5.58. The molecule has 0 aliphatic rings. The molecule has 4 rings (SSSR count). The summed E-state index contributed by atoms with van der Waals surface area (Å²) in [6, 6.07) is 20.5. The molecule has 34 heavy (non-hydrogen) atoms. The number of carbonyl (C=O) groups is 1. The average molecular weight is 478 g/mol. The highest BCUT2D eigenvalue weighted by Crippen LogP contribution is 2.25. The van der Waals surface area contributed by atoms with Gasteiger partial charge in [-0.15, -0.1) is 5.10 Å². The zero-order valence-corrected chi connectivity index (χ0v) is 20.4. The van der Waals surface area contributed by atoms with Crippen molar-refractivity contribution in [2.24, 2.45) is 5.41 Å². The third-order valence-electron chi connectivity index (χ3n) is 5.57. The first-order valence-electron chi connectivity index (χ1n) is 11.0. The molecule has 2 N–H and O–H groups in total. The summed E-state index contributed by atoms with van der Waals surface area (Å²) in [4.78, 5) is 17.3. The monoisotopic (exact) mass is 477 g/mol. The Labute approximate surface area is 204 Å². The number of aromatic nitrogens is 3. The maximum Gasteiger partial charge on any atom is 0.251 e. The van der Waals surface area contributed by atoms with E-state index in [2.05, 4.69) is 41.5 Å². The van der Waals surface area contributed by atoms with Gasteiger partial charge in [-0.3, -0.25) is 4.79 Å². The Bertz CT molecular complexity index is 1290. The van der Waals surface area contributed by atoms with E-state index in [4.69, 9.17) is 16.3 Å². The number of halogens is 1. The van der Waals surface area contributed by atoms with Crippen molar-refractivity contribution in [3.63, 3.8) is 0 Å². The molecule has 2 heterocycles. The molecule has 0 bridgehead atoms. The highest BCUT2D eigenvalue weighted by Gasteiger charge is 2.26. The summed E-state index contributed by atoms with van der Waals surface area (Å²) < 4.78 is 7.05. The van der Waals surface area contributed by atoms with Crippen molar-refractivity contribution >= 4 is 34.8 Å². The van der Waals surface area contributed by atoms with Crippen molar-refractivity contribution in [1.82, 2.24) is 19.9 Å². The largest absolute Gasteiger partial charge is 0.383 e. The van der Waals surface area contributed by atoms with Crippen LogP contribution in [0.2, 0.25) is 5.02 Å². The van der Waals surface area contributed by atoms with Gasteiger partial charge in [0.15, 0.2) is 5.65 Å². The van der Waals surface area contributed by atoms with Gasteiger partial charge in [0.05, 0.1) is 18.3 Å². The van der Waals surface area contributed by atoms with Crippen molar-refractivity contribution in [2.75, 3.05) is 19.0 Å². The lowest BCUT2D eigenvalue weighted by Gasteiger charge is -2.30. The van der Waals surface area contributed by atoms with Gasteiger partial charge in [0.25, 0.3) is 5.91 Å². The zero-order chi connectivity index (χ0) is 24.3. The lowest BCUT2D eigenvalue weighted by atomic mass is 9.87. The highest BCUT2D eigenvalue weighted by molar-refractivity contribution is 6.30. The number of carbonyl (C=O) groups excluding carboxylic acids is 1. The number of methoxy groups -OCH3 is 1. The Morgan fingerprint density at radius 3 is 2.50 bits per heavy atom. The third kappa shape index (κ3) is 5.38. The van der Waals surface area contributed by atoms with Gasteiger partial charge in [0, 0.05) is 28.9 Å². The number of fused-ring (bicyclic) bond motifs is 1. The van der Waals surface area contributed by atoms with Gasteiger partial charge in [0.2, 0.25) is 5.95 Å². The molecule has 0 spiro atoms. The molecular formula is C26H28ClN5O2. The van der Waals surface area contributed by atoms with E-state index in [0.29, 0.717) is 28.8 Å². The second-order valence-electron chi connectivity index (χ2n) is 9.18. The minimum Gasteiger partial charge on any atom is -0.383 e. The van der Waals surface area contributed by atoms with Gasteiger partial charge in [-0.05, 0) is 53.9 Å². The van der Waals surface area contributed by atoms with Crippen LogP contribution in [0.4, 0.5) is 11.6 Å². The molecule has 176 valence electrons. The lowest BCUT2D eigenvalue weighted by molar-refractivity contribution is 0.0787. The summed E-state index contributed by atoms with van der Waals surface area (Å²) in [5.74, 6) is 0.320. The molecule has 0 aliphatic heterocycles. The molecule has 2 aromatic carbocycles. The van der Waals surface area contributed by atoms with E-state index in [9.17, 15) is 4.79 Å². The van der Waals surface area contributed by atoms with E-state index in [1.807, 2.05) is 54.6 Å². The molecule has 4 aromatic rings. The lowest BCUT2D eigenvalue weighted by Crippen LogP contribution is -2.46. The summed E-state index contributed by atoms with van der Waals surface area (Å²) in [7, 11) is 1.64. The van der Waals surface area contributed by atoms with E-state index >= 15 is 0 Å². The second-order valence-corrected chi connectivity index (χ2v) is 9.61. The number of hydrogen-bond donors (Lipinski definition) is 2. The van der Waals surface area contributed by atoms with Crippen LogP contribution in [0.1, 0.15) is 31.1 Å². The Morgan fingerprint density at radius 1 is 1.09 bits per heavy atom. The smallest absolute Gasteiger partial charge is 0.251 e. The Hall–Kier alpha value is -3.42. The van der Waals surface area contributed by atoms with Crippen LogP contribution in [-0.4, -0.2) is 40.3 Å². The Balaban J connectivity index is 1.51. The molecule has 1 atom stereocenters. The van der Waals surface area contributed by atoms with E-state index in [1.165, 1.54) is 0 Å². The Kier molecular flexibility index (Phi) is 6.86. The van der Waals surface area contributed by atoms with E-state index in [1.54, 1.807) is 23.8 Å². The number of anilines is 2. The first-order chi connectivity index (χ1) is 16.2. The van der Waals surface area contributed by atoms with E-state index in [-0.39, 0.29) is 17.4 Å². The van der Waals surface area contributed by atoms with E-state index < -0.39 is 0 Å². The molecule has 0 radical (unpaired) electrons. The van der Waals surface area contributed by atoms with Crippen molar-refractivity contribution in [3.05, 3.63) is 77.3 Å². The number of pyridine rings is 1. The highest BCUT2D eigenvalue weighted by atomic mass is 35.5. The van der Waals surface area contributed by atoms with Gasteiger partial charge >= 0.3 is 0 Å². The van der Waals surface area contributed by atoms with Crippen LogP contribution in [0.5, 0.6) is 0 Å². The van der Waals surface area contributed by atoms with Crippen LogP contribution in [0.3, 0.4) is 0 Å². The van der Waals surface area contributed by atoms with Crippen LogP contribution in [0.15, 0.2) is 66.7 Å². The number of amides is 1. The summed E-state index contributed by atoms with van der Waals surface area (Å²) in [6.07, 6.45) is 0. The standard InChI is InChI=1S/C26H28ClN5O2/c1-26(2,3)22(16-34-4)29-24(33)17-11-13-20(14-12-17)28-25-30-23-10-6-9-21(32(23)31-25)18-7-5-8-19(27)15-18/h5-15,22H,16H2,1-4H3,(H,28,31)(H,29,33)/t22-/m1/s1. The number of benzene rings is 2. The average Bonchev–Trinajstić information content (AvgIpc) is 3.21. The van der Waals surface area contributed by atoms with Crippen LogP contribution in [-0.2, 0) is 4.74 Å². The van der Waals surface area contributed by atoms with Gasteiger partial charge in [0.1, 0.15) is 0 Å². The molecule has 7 nitrogen and oxygen atoms in total. The molecule has 0 fully saturated rings. The van der Waals surface area contributed by atoms with Crippen LogP contribution >= 0.6 is 11.6 Å². The molecule has 1 amide bonds. The van der Waals surface area contributed by atoms with Gasteiger partial charge < -0.3 is 15.4 Å². The minimum atomic E-state index is -0.138. The summed E-state index contributed by atoms with van der Waals surface area (Å²) >= 11 is 6.17. The molecular weight excluding hydrogens is 450 g/mol. The fourth-order valence-corrected chi connectivity index (χ4v) is 3.77. The van der Waals surface area contributed by atoms with Gasteiger partial charge in [-0.1, -0.05) is 50.6 Å². The van der Waals surface area contributed by atoms with Crippen molar-refractivity contribution in [3.8, 4) is 11.3 Å². The maximum absolute atomic E-state index is 12.7. The number of rotatable bonds is 7. The zero-order valence-electron chi connectivity index (χ0n) is 19.7. The molecule has 8 heteroatoms. The number of ether oxygens (including phenoxy) is 1. The molecule has 2 aromatic heterocycles. The minimum absolute atomic E-state index is 0.0985. The quantitative estimate of drug-likeness (QED) is 0.363. The number of hydrogen-bond acceptors (Lipinski definition) is 5. The molecule has 0 saturated heterocycles. The van der Waals surface area contributed by atoms with Crippen molar-refractivity contribution in [2.45, 2.75) is 26.8 Å². The van der Waals surface area contributed by atoms with Gasteiger partial charge in [-0.2, -0.15) is 4.98 Å². The summed E-state index contributed by atoms with van der Waals surface area (Å²) in [6.45, 7) is 6.67. The van der Waals surface area contributed by atoms with Gasteiger partial charge in [-0.25, -0.2) is 4.52 Å². The molecule has 0 unspecified atom stereocenters.